The normalized spacial score (nSPS) is 10.6. The lowest BCUT2D eigenvalue weighted by atomic mass is 10.3. The molecule has 0 atom stereocenters. The van der Waals surface area contributed by atoms with Gasteiger partial charge in [0.25, 0.3) is 5.56 Å². The van der Waals surface area contributed by atoms with Crippen LogP contribution in [0, 0.1) is 0 Å². The first-order valence-corrected chi connectivity index (χ1v) is 5.51. The predicted octanol–water partition coefficient (Wildman–Crippen LogP) is 1.58. The third kappa shape index (κ3) is 1.88. The first-order chi connectivity index (χ1) is 7.61. The van der Waals surface area contributed by atoms with E-state index in [4.69, 9.17) is 4.42 Å². The molecule has 84 valence electrons. The highest BCUT2D eigenvalue weighted by molar-refractivity contribution is 9.10. The molecule has 0 aliphatic heterocycles. The van der Waals surface area contributed by atoms with Crippen molar-refractivity contribution >= 4 is 15.9 Å². The molecule has 2 rings (SSSR count). The number of hydrogen-bond donors (Lipinski definition) is 1. The summed E-state index contributed by atoms with van der Waals surface area (Å²) in [5.41, 5.74) is -0.392. The molecule has 0 spiro atoms. The Morgan fingerprint density at radius 2 is 2.19 bits per heavy atom. The van der Waals surface area contributed by atoms with Gasteiger partial charge in [-0.05, 0) is 35.0 Å². The zero-order valence-electron chi connectivity index (χ0n) is 8.49. The number of hydrogen-bond acceptors (Lipinski definition) is 3. The number of aromatic nitrogens is 2. The fraction of sp³-hybridized carbons (Fsp3) is 0.200. The zero-order valence-corrected chi connectivity index (χ0v) is 10.1. The number of furan rings is 1. The van der Waals surface area contributed by atoms with E-state index >= 15 is 0 Å². The fourth-order valence-electron chi connectivity index (χ4n) is 1.41. The highest BCUT2D eigenvalue weighted by Crippen LogP contribution is 2.21. The van der Waals surface area contributed by atoms with Crippen LogP contribution in [0.15, 0.2) is 36.9 Å². The summed E-state index contributed by atoms with van der Waals surface area (Å²) >= 11 is 3.15. The molecule has 0 saturated carbocycles. The molecule has 0 unspecified atom stereocenters. The maximum Gasteiger partial charge on any atom is 0.328 e. The Kier molecular flexibility index (Phi) is 2.82. The maximum atomic E-state index is 11.6. The molecule has 6 heteroatoms. The SMILES string of the molecule is CCn1c(=O)cc(-c2ccc(Br)o2)[nH]c1=O. The lowest BCUT2D eigenvalue weighted by molar-refractivity contribution is 0.551. The van der Waals surface area contributed by atoms with Gasteiger partial charge in [0.05, 0.1) is 5.69 Å². The van der Waals surface area contributed by atoms with E-state index in [1.54, 1.807) is 19.1 Å². The summed E-state index contributed by atoms with van der Waals surface area (Å²) < 4.78 is 6.91. The number of nitrogens with one attached hydrogen (secondary N) is 1. The standard InChI is InChI=1S/C10H9BrN2O3/c1-2-13-9(14)5-6(12-10(13)15)7-3-4-8(11)16-7/h3-5H,2H2,1H3,(H,12,15). The van der Waals surface area contributed by atoms with Gasteiger partial charge in [0.15, 0.2) is 10.4 Å². The molecule has 0 aliphatic carbocycles. The van der Waals surface area contributed by atoms with Gasteiger partial charge < -0.3 is 9.40 Å². The summed E-state index contributed by atoms with van der Waals surface area (Å²) in [4.78, 5) is 25.7. The summed E-state index contributed by atoms with van der Waals surface area (Å²) in [5, 5.41) is 0. The molecule has 5 nitrogen and oxygen atoms in total. The lowest BCUT2D eigenvalue weighted by Crippen LogP contribution is -2.34. The van der Waals surface area contributed by atoms with Gasteiger partial charge in [-0.1, -0.05) is 0 Å². The van der Waals surface area contributed by atoms with Crippen molar-refractivity contribution in [1.29, 1.82) is 0 Å². The Morgan fingerprint density at radius 1 is 1.44 bits per heavy atom. The molecule has 2 heterocycles. The van der Waals surface area contributed by atoms with Crippen LogP contribution in [0.2, 0.25) is 0 Å². The van der Waals surface area contributed by atoms with Crippen molar-refractivity contribution in [2.75, 3.05) is 0 Å². The zero-order chi connectivity index (χ0) is 11.7. The van der Waals surface area contributed by atoms with Crippen LogP contribution >= 0.6 is 15.9 Å². The van der Waals surface area contributed by atoms with E-state index < -0.39 is 5.69 Å². The molecule has 2 aromatic rings. The van der Waals surface area contributed by atoms with Gasteiger partial charge in [-0.2, -0.15) is 0 Å². The minimum Gasteiger partial charge on any atom is -0.448 e. The second-order valence-electron chi connectivity index (χ2n) is 3.17. The highest BCUT2D eigenvalue weighted by Gasteiger charge is 2.07. The second kappa shape index (κ2) is 4.13. The van der Waals surface area contributed by atoms with Crippen LogP contribution < -0.4 is 11.2 Å². The first-order valence-electron chi connectivity index (χ1n) is 4.71. The third-order valence-electron chi connectivity index (χ3n) is 2.18. The molecule has 16 heavy (non-hydrogen) atoms. The van der Waals surface area contributed by atoms with E-state index in [-0.39, 0.29) is 5.56 Å². The van der Waals surface area contributed by atoms with Gasteiger partial charge in [-0.3, -0.25) is 9.36 Å². The van der Waals surface area contributed by atoms with Crippen LogP contribution in [0.25, 0.3) is 11.5 Å². The summed E-state index contributed by atoms with van der Waals surface area (Å²) in [5.74, 6) is 0.448. The Hall–Kier alpha value is -1.56. The summed E-state index contributed by atoms with van der Waals surface area (Å²) in [6.07, 6.45) is 0. The van der Waals surface area contributed by atoms with Crippen molar-refractivity contribution in [1.82, 2.24) is 9.55 Å². The van der Waals surface area contributed by atoms with Crippen LogP contribution in [-0.4, -0.2) is 9.55 Å². The lowest BCUT2D eigenvalue weighted by Gasteiger charge is -2.01. The van der Waals surface area contributed by atoms with Gasteiger partial charge in [-0.25, -0.2) is 4.79 Å². The van der Waals surface area contributed by atoms with Crippen LogP contribution in [0.5, 0.6) is 0 Å². The molecule has 0 aliphatic rings. The van der Waals surface area contributed by atoms with E-state index in [1.807, 2.05) is 0 Å². The largest absolute Gasteiger partial charge is 0.448 e. The molecule has 2 aromatic heterocycles. The predicted molar refractivity (Wildman–Crippen MR) is 62.4 cm³/mol. The van der Waals surface area contributed by atoms with Crippen LogP contribution in [0.4, 0.5) is 0 Å². The monoisotopic (exact) mass is 284 g/mol. The van der Waals surface area contributed by atoms with E-state index in [9.17, 15) is 9.59 Å². The van der Waals surface area contributed by atoms with Crippen molar-refractivity contribution in [2.45, 2.75) is 13.5 Å². The summed E-state index contributed by atoms with van der Waals surface area (Å²) in [7, 11) is 0. The average molecular weight is 285 g/mol. The Balaban J connectivity index is 2.61. The second-order valence-corrected chi connectivity index (χ2v) is 3.96. The molecular formula is C10H9BrN2O3. The van der Waals surface area contributed by atoms with Crippen molar-refractivity contribution < 1.29 is 4.42 Å². The Bertz CT molecular complexity index is 592. The van der Waals surface area contributed by atoms with Gasteiger partial charge >= 0.3 is 5.69 Å². The quantitative estimate of drug-likeness (QED) is 0.910. The number of H-pyrrole nitrogens is 1. The molecule has 0 bridgehead atoms. The minimum absolute atomic E-state index is 0.339. The summed E-state index contributed by atoms with van der Waals surface area (Å²) in [6.45, 7) is 2.08. The van der Waals surface area contributed by atoms with Gasteiger partial charge in [0.2, 0.25) is 0 Å². The smallest absolute Gasteiger partial charge is 0.328 e. The third-order valence-corrected chi connectivity index (χ3v) is 2.60. The molecular weight excluding hydrogens is 276 g/mol. The van der Waals surface area contributed by atoms with Crippen molar-refractivity contribution in [3.63, 3.8) is 0 Å². The van der Waals surface area contributed by atoms with Crippen molar-refractivity contribution in [2.24, 2.45) is 0 Å². The molecule has 0 aromatic carbocycles. The molecule has 0 fully saturated rings. The van der Waals surface area contributed by atoms with Crippen molar-refractivity contribution in [3.8, 4) is 11.5 Å². The number of rotatable bonds is 2. The number of halogens is 1. The van der Waals surface area contributed by atoms with Crippen molar-refractivity contribution in [3.05, 3.63) is 43.7 Å². The molecule has 1 N–H and O–H groups in total. The Labute approximate surface area is 98.9 Å². The van der Waals surface area contributed by atoms with E-state index in [0.29, 0.717) is 22.7 Å². The van der Waals surface area contributed by atoms with E-state index in [0.717, 1.165) is 4.57 Å². The maximum absolute atomic E-state index is 11.6. The number of nitrogens with zero attached hydrogens (tertiary/aromatic N) is 1. The first kappa shape index (κ1) is 10.9. The molecule has 0 radical (unpaired) electrons. The molecule has 0 saturated heterocycles. The minimum atomic E-state index is -0.433. The number of aromatic amines is 1. The fourth-order valence-corrected chi connectivity index (χ4v) is 1.72. The topological polar surface area (TPSA) is 68.0 Å². The summed E-state index contributed by atoms with van der Waals surface area (Å²) in [6, 6.07) is 4.71. The highest BCUT2D eigenvalue weighted by atomic mass is 79.9. The van der Waals surface area contributed by atoms with Crippen LogP contribution in [0.3, 0.4) is 0 Å². The van der Waals surface area contributed by atoms with Gasteiger partial charge in [-0.15, -0.1) is 0 Å². The van der Waals surface area contributed by atoms with Crippen LogP contribution in [0.1, 0.15) is 6.92 Å². The van der Waals surface area contributed by atoms with E-state index in [1.165, 1.54) is 6.07 Å². The van der Waals surface area contributed by atoms with E-state index in [2.05, 4.69) is 20.9 Å². The average Bonchev–Trinajstić information content (AvgIpc) is 2.64. The van der Waals surface area contributed by atoms with Crippen LogP contribution in [-0.2, 0) is 6.54 Å². The Morgan fingerprint density at radius 3 is 2.69 bits per heavy atom. The molecule has 0 amide bonds. The van der Waals surface area contributed by atoms with Gasteiger partial charge in [0.1, 0.15) is 0 Å². The van der Waals surface area contributed by atoms with Gasteiger partial charge in [0, 0.05) is 12.6 Å².